The van der Waals surface area contributed by atoms with E-state index < -0.39 is 0 Å². The van der Waals surface area contributed by atoms with Crippen LogP contribution in [0.25, 0.3) is 33.3 Å². The smallest absolute Gasteiger partial charge is 0.113 e. The standard InChI is InChI=1S/C24H24N4S/c25-17-11-7-15(8-12-17)21-19-5-3-1-2-4-6-20(19)22(24-23(21)27-29-28-24)16-9-13-18(26)14-10-16/h7-14H,1-6,25-26H2. The maximum atomic E-state index is 5.96. The number of nitrogens with zero attached hydrogens (tertiary/aromatic N) is 2. The Morgan fingerprint density at radius 1 is 0.586 bits per heavy atom. The molecule has 4 aromatic rings. The van der Waals surface area contributed by atoms with Crippen molar-refractivity contribution in [3.63, 3.8) is 0 Å². The summed E-state index contributed by atoms with van der Waals surface area (Å²) in [5.41, 5.74) is 23.2. The molecule has 4 nitrogen and oxygen atoms in total. The van der Waals surface area contributed by atoms with E-state index >= 15 is 0 Å². The van der Waals surface area contributed by atoms with Crippen molar-refractivity contribution in [2.45, 2.75) is 38.5 Å². The molecule has 0 amide bonds. The summed E-state index contributed by atoms with van der Waals surface area (Å²) in [7, 11) is 0. The lowest BCUT2D eigenvalue weighted by molar-refractivity contribution is 0.618. The number of nitrogen functional groups attached to an aromatic ring is 2. The minimum atomic E-state index is 0.780. The first-order valence-electron chi connectivity index (χ1n) is 10.2. The summed E-state index contributed by atoms with van der Waals surface area (Å²) in [4.78, 5) is 0. The molecular weight excluding hydrogens is 376 g/mol. The topological polar surface area (TPSA) is 77.8 Å². The lowest BCUT2D eigenvalue weighted by Crippen LogP contribution is -2.06. The van der Waals surface area contributed by atoms with Gasteiger partial charge in [-0.3, -0.25) is 0 Å². The third-order valence-electron chi connectivity index (χ3n) is 5.93. The minimum absolute atomic E-state index is 0.780. The third-order valence-corrected chi connectivity index (χ3v) is 6.46. The zero-order chi connectivity index (χ0) is 19.8. The Balaban J connectivity index is 1.85. The second-order valence-corrected chi connectivity index (χ2v) is 8.36. The van der Waals surface area contributed by atoms with E-state index in [1.165, 1.54) is 70.8 Å². The van der Waals surface area contributed by atoms with Crippen LogP contribution in [-0.2, 0) is 12.8 Å². The first kappa shape index (κ1) is 18.1. The van der Waals surface area contributed by atoms with Crippen molar-refractivity contribution in [2.75, 3.05) is 11.5 Å². The van der Waals surface area contributed by atoms with E-state index in [0.29, 0.717) is 0 Å². The molecule has 1 aliphatic rings. The Morgan fingerprint density at radius 2 is 1.00 bits per heavy atom. The lowest BCUT2D eigenvalue weighted by atomic mass is 9.82. The quantitative estimate of drug-likeness (QED) is 0.414. The minimum Gasteiger partial charge on any atom is -0.399 e. The van der Waals surface area contributed by atoms with Crippen LogP contribution >= 0.6 is 11.7 Å². The van der Waals surface area contributed by atoms with Crippen LogP contribution < -0.4 is 11.5 Å². The first-order valence-corrected chi connectivity index (χ1v) is 11.0. The van der Waals surface area contributed by atoms with Gasteiger partial charge in [-0.25, -0.2) is 0 Å². The molecule has 3 aromatic carbocycles. The lowest BCUT2D eigenvalue weighted by Gasteiger charge is -2.22. The Hall–Kier alpha value is -2.92. The molecule has 1 heterocycles. The Kier molecular flexibility index (Phi) is 4.68. The number of fused-ring (bicyclic) bond motifs is 2. The van der Waals surface area contributed by atoms with E-state index in [4.69, 9.17) is 20.2 Å². The van der Waals surface area contributed by atoms with Crippen LogP contribution in [0.15, 0.2) is 48.5 Å². The normalized spacial score (nSPS) is 14.3. The molecule has 0 saturated heterocycles. The van der Waals surface area contributed by atoms with Gasteiger partial charge in [-0.05, 0) is 72.2 Å². The largest absolute Gasteiger partial charge is 0.399 e. The number of hydrogen-bond donors (Lipinski definition) is 2. The summed E-state index contributed by atoms with van der Waals surface area (Å²) in [6.07, 6.45) is 7.13. The molecule has 146 valence electrons. The van der Waals surface area contributed by atoms with Crippen LogP contribution in [-0.4, -0.2) is 8.75 Å². The van der Waals surface area contributed by atoms with Gasteiger partial charge < -0.3 is 11.5 Å². The monoisotopic (exact) mass is 400 g/mol. The number of aromatic nitrogens is 2. The Morgan fingerprint density at radius 3 is 1.41 bits per heavy atom. The fraction of sp³-hybridized carbons (Fsp3) is 0.250. The molecule has 0 atom stereocenters. The maximum Gasteiger partial charge on any atom is 0.113 e. The van der Waals surface area contributed by atoms with Gasteiger partial charge >= 0.3 is 0 Å². The molecule has 0 aliphatic heterocycles. The highest BCUT2D eigenvalue weighted by molar-refractivity contribution is 7.00. The second kappa shape index (κ2) is 7.48. The van der Waals surface area contributed by atoms with Crippen molar-refractivity contribution in [1.29, 1.82) is 0 Å². The fourth-order valence-corrected chi connectivity index (χ4v) is 5.09. The molecule has 0 radical (unpaired) electrons. The number of hydrogen-bond acceptors (Lipinski definition) is 5. The predicted molar refractivity (Wildman–Crippen MR) is 123 cm³/mol. The highest BCUT2D eigenvalue weighted by Crippen LogP contribution is 2.43. The molecule has 29 heavy (non-hydrogen) atoms. The van der Waals surface area contributed by atoms with Gasteiger partial charge in [0.15, 0.2) is 0 Å². The molecule has 0 saturated carbocycles. The molecule has 1 aliphatic carbocycles. The molecule has 0 unspecified atom stereocenters. The average Bonchev–Trinajstić information content (AvgIpc) is 3.18. The molecule has 4 N–H and O–H groups in total. The number of benzene rings is 3. The zero-order valence-electron chi connectivity index (χ0n) is 16.3. The van der Waals surface area contributed by atoms with Gasteiger partial charge in [0.2, 0.25) is 0 Å². The molecule has 0 spiro atoms. The molecular formula is C24H24N4S. The van der Waals surface area contributed by atoms with Crippen LogP contribution in [0, 0.1) is 0 Å². The van der Waals surface area contributed by atoms with Gasteiger partial charge in [0.05, 0.1) is 11.7 Å². The summed E-state index contributed by atoms with van der Waals surface area (Å²) < 4.78 is 9.52. The van der Waals surface area contributed by atoms with Crippen molar-refractivity contribution >= 4 is 34.1 Å². The van der Waals surface area contributed by atoms with E-state index in [0.717, 1.165) is 35.2 Å². The molecule has 0 bridgehead atoms. The van der Waals surface area contributed by atoms with Gasteiger partial charge in [0.25, 0.3) is 0 Å². The average molecular weight is 401 g/mol. The van der Waals surface area contributed by atoms with Crippen LogP contribution in [0.4, 0.5) is 11.4 Å². The highest BCUT2D eigenvalue weighted by Gasteiger charge is 2.24. The van der Waals surface area contributed by atoms with E-state index in [2.05, 4.69) is 24.3 Å². The van der Waals surface area contributed by atoms with Crippen LogP contribution in [0.2, 0.25) is 0 Å². The van der Waals surface area contributed by atoms with Gasteiger partial charge in [-0.15, -0.1) is 0 Å². The van der Waals surface area contributed by atoms with Gasteiger partial charge in [-0.1, -0.05) is 37.1 Å². The van der Waals surface area contributed by atoms with Crippen molar-refractivity contribution in [1.82, 2.24) is 8.75 Å². The predicted octanol–water partition coefficient (Wildman–Crippen LogP) is 5.85. The van der Waals surface area contributed by atoms with Crippen molar-refractivity contribution in [3.05, 3.63) is 59.7 Å². The third kappa shape index (κ3) is 3.25. The first-order chi connectivity index (χ1) is 14.2. The van der Waals surface area contributed by atoms with Crippen molar-refractivity contribution in [3.8, 4) is 22.3 Å². The summed E-state index contributed by atoms with van der Waals surface area (Å²) in [5, 5.41) is 0. The summed E-state index contributed by atoms with van der Waals surface area (Å²) in [5.74, 6) is 0. The van der Waals surface area contributed by atoms with Crippen LogP contribution in [0.1, 0.15) is 36.8 Å². The summed E-state index contributed by atoms with van der Waals surface area (Å²) >= 11 is 1.30. The summed E-state index contributed by atoms with van der Waals surface area (Å²) in [6, 6.07) is 16.4. The van der Waals surface area contributed by atoms with Gasteiger partial charge in [0.1, 0.15) is 11.0 Å². The van der Waals surface area contributed by atoms with Crippen molar-refractivity contribution in [2.24, 2.45) is 0 Å². The molecule has 5 rings (SSSR count). The fourth-order valence-electron chi connectivity index (χ4n) is 4.53. The number of anilines is 2. The van der Waals surface area contributed by atoms with E-state index in [-0.39, 0.29) is 0 Å². The van der Waals surface area contributed by atoms with E-state index in [1.54, 1.807) is 0 Å². The summed E-state index contributed by atoms with van der Waals surface area (Å²) in [6.45, 7) is 0. The van der Waals surface area contributed by atoms with E-state index in [1.807, 2.05) is 24.3 Å². The van der Waals surface area contributed by atoms with Gasteiger partial charge in [0, 0.05) is 22.5 Å². The molecule has 0 fully saturated rings. The maximum absolute atomic E-state index is 5.96. The number of nitrogens with two attached hydrogens (primary N) is 2. The second-order valence-electron chi connectivity index (χ2n) is 7.83. The van der Waals surface area contributed by atoms with Crippen LogP contribution in [0.3, 0.4) is 0 Å². The Labute approximate surface area is 174 Å². The van der Waals surface area contributed by atoms with Crippen LogP contribution in [0.5, 0.6) is 0 Å². The van der Waals surface area contributed by atoms with E-state index in [9.17, 15) is 0 Å². The molecule has 5 heteroatoms. The van der Waals surface area contributed by atoms with Crippen molar-refractivity contribution < 1.29 is 0 Å². The highest BCUT2D eigenvalue weighted by atomic mass is 32.1. The zero-order valence-corrected chi connectivity index (χ0v) is 17.1. The SMILES string of the molecule is Nc1ccc(-c2c3c(c(-c4ccc(N)cc4)c4nsnc24)CCCCCC3)cc1. The van der Waals surface area contributed by atoms with Gasteiger partial charge in [-0.2, -0.15) is 8.75 Å². The molecule has 1 aromatic heterocycles. The number of rotatable bonds is 2. The Bertz CT molecular complexity index is 1070.